The number of rotatable bonds is 10. The van der Waals surface area contributed by atoms with Crippen molar-refractivity contribution in [2.75, 3.05) is 13.2 Å². The third-order valence-corrected chi connectivity index (χ3v) is 5.69. The molecule has 0 radical (unpaired) electrons. The largest absolute Gasteiger partial charge is 0.463 e. The van der Waals surface area contributed by atoms with Gasteiger partial charge >= 0.3 is 24.0 Å². The molecule has 0 aromatic heterocycles. The highest BCUT2D eigenvalue weighted by atomic mass is 16.7. The number of ether oxygens (including phenoxy) is 5. The van der Waals surface area contributed by atoms with Crippen molar-refractivity contribution < 1.29 is 62.1 Å². The van der Waals surface area contributed by atoms with E-state index in [9.17, 15) is 33.6 Å². The number of hydrogen-bond acceptors (Lipinski definition) is 13. The van der Waals surface area contributed by atoms with Gasteiger partial charge in [0.25, 0.3) is 11.8 Å². The maximum Gasteiger partial charge on any atom is 0.417 e. The number of carbonyl (C=O) groups is 7. The number of hydroxylamine groups is 2. The normalized spacial score (nSPS) is 27.0. The van der Waals surface area contributed by atoms with Crippen LogP contribution < -0.4 is 0 Å². The Kier molecular flexibility index (Phi) is 9.15. The van der Waals surface area contributed by atoms with Crippen LogP contribution in [0.15, 0.2) is 0 Å². The molecule has 204 valence electrons. The third kappa shape index (κ3) is 6.80. The van der Waals surface area contributed by atoms with Crippen LogP contribution in [-0.2, 0) is 57.3 Å². The molecule has 37 heavy (non-hydrogen) atoms. The van der Waals surface area contributed by atoms with Gasteiger partial charge in [-0.1, -0.05) is 0 Å². The average Bonchev–Trinajstić information content (AvgIpc) is 3.32. The van der Waals surface area contributed by atoms with Crippen molar-refractivity contribution in [2.24, 2.45) is 0 Å². The van der Waals surface area contributed by atoms with E-state index >= 15 is 0 Å². The molecule has 0 aromatic carbocycles. The fourth-order valence-electron chi connectivity index (χ4n) is 4.11. The summed E-state index contributed by atoms with van der Waals surface area (Å²) in [4.78, 5) is 88.2. The molecule has 0 aliphatic carbocycles. The van der Waals surface area contributed by atoms with Gasteiger partial charge in [0.15, 0.2) is 18.5 Å². The van der Waals surface area contributed by atoms with Crippen LogP contribution in [0, 0.1) is 0 Å². The second-order valence-electron chi connectivity index (χ2n) is 8.52. The highest BCUT2D eigenvalue weighted by Gasteiger charge is 2.59. The van der Waals surface area contributed by atoms with E-state index in [1.54, 1.807) is 0 Å². The minimum absolute atomic E-state index is 0.00119. The first kappa shape index (κ1) is 28.0. The lowest BCUT2D eigenvalue weighted by atomic mass is 9.96. The number of amides is 4. The van der Waals surface area contributed by atoms with Crippen molar-refractivity contribution in [1.82, 2.24) is 9.96 Å². The van der Waals surface area contributed by atoms with Crippen LogP contribution in [0.5, 0.6) is 0 Å². The van der Waals surface area contributed by atoms with E-state index in [0.29, 0.717) is 11.5 Å². The zero-order chi connectivity index (χ0) is 27.3. The number of hydrogen-bond donors (Lipinski definition) is 0. The minimum Gasteiger partial charge on any atom is -0.463 e. The van der Waals surface area contributed by atoms with E-state index in [4.69, 9.17) is 28.5 Å². The summed E-state index contributed by atoms with van der Waals surface area (Å²) in [5, 5.41) is 0.463. The minimum atomic E-state index is -1.22. The predicted octanol–water partition coefficient (Wildman–Crippen LogP) is -0.264. The molecular formula is C22H28N2O13. The third-order valence-electron chi connectivity index (χ3n) is 5.69. The van der Waals surface area contributed by atoms with Gasteiger partial charge in [0.2, 0.25) is 5.91 Å². The lowest BCUT2D eigenvalue weighted by Gasteiger charge is -2.42. The number of fused-ring (bicyclic) bond motifs is 1. The topological polar surface area (TPSA) is 181 Å². The second kappa shape index (κ2) is 12.1. The Balaban J connectivity index is 1.61. The van der Waals surface area contributed by atoms with Gasteiger partial charge in [-0.05, 0) is 12.8 Å². The monoisotopic (exact) mass is 528 g/mol. The average molecular weight is 528 g/mol. The molecule has 0 aromatic rings. The lowest BCUT2D eigenvalue weighted by molar-refractivity contribution is -0.271. The van der Waals surface area contributed by atoms with Gasteiger partial charge in [0.05, 0.1) is 0 Å². The fourth-order valence-corrected chi connectivity index (χ4v) is 4.11. The zero-order valence-electron chi connectivity index (χ0n) is 20.5. The molecule has 0 saturated carbocycles. The second-order valence-corrected chi connectivity index (χ2v) is 8.52. The lowest BCUT2D eigenvalue weighted by Crippen LogP contribution is -2.63. The highest BCUT2D eigenvalue weighted by Crippen LogP contribution is 2.35. The van der Waals surface area contributed by atoms with Crippen LogP contribution >= 0.6 is 0 Å². The Labute approximate surface area is 211 Å². The Morgan fingerprint density at radius 3 is 2.24 bits per heavy atom. The van der Waals surface area contributed by atoms with Crippen molar-refractivity contribution in [3.05, 3.63) is 0 Å². The summed E-state index contributed by atoms with van der Waals surface area (Å²) >= 11 is 0. The van der Waals surface area contributed by atoms with E-state index in [0.717, 1.165) is 18.7 Å². The van der Waals surface area contributed by atoms with E-state index < -0.39 is 72.4 Å². The molecule has 3 heterocycles. The van der Waals surface area contributed by atoms with Crippen LogP contribution in [0.3, 0.4) is 0 Å². The van der Waals surface area contributed by atoms with Gasteiger partial charge in [0, 0.05) is 46.6 Å². The van der Waals surface area contributed by atoms with Gasteiger partial charge in [0.1, 0.15) is 18.8 Å². The molecule has 0 N–H and O–H groups in total. The highest BCUT2D eigenvalue weighted by molar-refractivity contribution is 6.01. The smallest absolute Gasteiger partial charge is 0.417 e. The molecule has 0 unspecified atom stereocenters. The molecule has 3 aliphatic heterocycles. The molecule has 3 aliphatic rings. The molecule has 15 nitrogen and oxygen atoms in total. The van der Waals surface area contributed by atoms with Gasteiger partial charge < -0.3 is 28.5 Å². The van der Waals surface area contributed by atoms with Crippen molar-refractivity contribution in [3.63, 3.8) is 0 Å². The van der Waals surface area contributed by atoms with Crippen molar-refractivity contribution in [2.45, 2.75) is 83.5 Å². The van der Waals surface area contributed by atoms with E-state index in [2.05, 4.69) is 0 Å². The predicted molar refractivity (Wildman–Crippen MR) is 114 cm³/mol. The van der Waals surface area contributed by atoms with Crippen LogP contribution in [0.25, 0.3) is 0 Å². The molecule has 15 heteroatoms. The molecule has 3 fully saturated rings. The first-order valence-electron chi connectivity index (χ1n) is 11.6. The Morgan fingerprint density at radius 1 is 0.973 bits per heavy atom. The number of esters is 2. The summed E-state index contributed by atoms with van der Waals surface area (Å²) in [6.45, 7) is 3.12. The zero-order valence-corrected chi connectivity index (χ0v) is 20.5. The molecule has 3 saturated heterocycles. The maximum absolute atomic E-state index is 12.4. The Bertz CT molecular complexity index is 950. The maximum atomic E-state index is 12.4. The first-order chi connectivity index (χ1) is 17.5. The van der Waals surface area contributed by atoms with Crippen molar-refractivity contribution in [3.8, 4) is 0 Å². The molecule has 4 amide bonds. The fraction of sp³-hybridized carbons (Fsp3) is 0.682. The molecule has 5 atom stereocenters. The van der Waals surface area contributed by atoms with Crippen molar-refractivity contribution >= 4 is 41.7 Å². The number of unbranched alkanes of at least 4 members (excludes halogenated alkanes) is 1. The number of imide groups is 2. The standard InChI is InChI=1S/C22H28N2O13/c1-11(25)23-18-20(36-22(23)31)19(34-13(3)27)14(10-33-12(2)26)35-21(18)32-9-5-4-6-17(30)37-24-15(28)7-8-16(24)29/h14,18-21H,4-10H2,1-3H3/t14-,18-,19+,20-,21-/m1/s1. The van der Waals surface area contributed by atoms with Gasteiger partial charge in [-0.2, -0.15) is 0 Å². The van der Waals surface area contributed by atoms with Gasteiger partial charge in [-0.25, -0.2) is 14.5 Å². The van der Waals surface area contributed by atoms with Gasteiger partial charge in [-0.15, -0.1) is 5.06 Å². The van der Waals surface area contributed by atoms with E-state index in [1.807, 2.05) is 0 Å². The number of nitrogens with zero attached hydrogens (tertiary/aromatic N) is 2. The summed E-state index contributed by atoms with van der Waals surface area (Å²) in [5.74, 6) is -3.90. The van der Waals surface area contributed by atoms with Crippen LogP contribution in [0.1, 0.15) is 52.9 Å². The SMILES string of the molecule is CC(=O)OC[C@H]1O[C@@H](OCCCCC(=O)ON2C(=O)CCC2=O)[C@H]2[C@@H](OC(=O)N2C(C)=O)[C@H]1OC(C)=O. The molecule has 0 bridgehead atoms. The summed E-state index contributed by atoms with van der Waals surface area (Å²) < 4.78 is 27.2. The quantitative estimate of drug-likeness (QED) is 0.157. The number of carbonyl (C=O) groups excluding carboxylic acids is 7. The summed E-state index contributed by atoms with van der Waals surface area (Å²) in [5.41, 5.74) is 0. The molecular weight excluding hydrogens is 500 g/mol. The summed E-state index contributed by atoms with van der Waals surface area (Å²) in [6.07, 6.45) is -5.16. The Morgan fingerprint density at radius 2 is 1.65 bits per heavy atom. The summed E-state index contributed by atoms with van der Waals surface area (Å²) in [6, 6.07) is -1.10. The summed E-state index contributed by atoms with van der Waals surface area (Å²) in [7, 11) is 0. The van der Waals surface area contributed by atoms with E-state index in [-0.39, 0.29) is 38.9 Å². The van der Waals surface area contributed by atoms with Crippen LogP contribution in [-0.4, -0.2) is 95.5 Å². The molecule has 0 spiro atoms. The molecule has 3 rings (SSSR count). The van der Waals surface area contributed by atoms with Crippen molar-refractivity contribution in [1.29, 1.82) is 0 Å². The van der Waals surface area contributed by atoms with Gasteiger partial charge in [-0.3, -0.25) is 24.0 Å². The first-order valence-corrected chi connectivity index (χ1v) is 11.6. The van der Waals surface area contributed by atoms with Crippen LogP contribution in [0.4, 0.5) is 4.79 Å². The van der Waals surface area contributed by atoms with Crippen LogP contribution in [0.2, 0.25) is 0 Å². The Hall–Kier alpha value is -3.59. The van der Waals surface area contributed by atoms with E-state index in [1.165, 1.54) is 6.92 Å².